The van der Waals surface area contributed by atoms with Gasteiger partial charge in [0.25, 0.3) is 5.91 Å². The van der Waals surface area contributed by atoms with Gasteiger partial charge in [0.05, 0.1) is 23.7 Å². The van der Waals surface area contributed by atoms with E-state index >= 15 is 0 Å². The summed E-state index contributed by atoms with van der Waals surface area (Å²) in [7, 11) is -2.73. The normalized spacial score (nSPS) is 14.3. The SMILES string of the molecule is CNC(=O)c1cc(NC(=O)C(NS(=O)(=O)c2ccc3c(c2)OCCCO3)C(C)C)ccc1F. The molecule has 1 unspecified atom stereocenters. The van der Waals surface area contributed by atoms with Crippen LogP contribution in [-0.4, -0.2) is 46.5 Å². The highest BCUT2D eigenvalue weighted by molar-refractivity contribution is 7.89. The first kappa shape index (κ1) is 24.5. The average molecular weight is 480 g/mol. The molecule has 0 fully saturated rings. The predicted octanol–water partition coefficient (Wildman–Crippen LogP) is 2.29. The maximum atomic E-state index is 13.9. The average Bonchev–Trinajstić information content (AvgIpc) is 3.03. The van der Waals surface area contributed by atoms with Crippen LogP contribution in [0.1, 0.15) is 30.6 Å². The number of sulfonamides is 1. The molecule has 1 aliphatic rings. The van der Waals surface area contributed by atoms with Gasteiger partial charge in [0.1, 0.15) is 11.9 Å². The lowest BCUT2D eigenvalue weighted by molar-refractivity contribution is -0.118. The second-order valence-corrected chi connectivity index (χ2v) is 9.48. The van der Waals surface area contributed by atoms with Gasteiger partial charge in [-0.3, -0.25) is 9.59 Å². The van der Waals surface area contributed by atoms with E-state index in [0.29, 0.717) is 31.1 Å². The van der Waals surface area contributed by atoms with E-state index in [0.717, 1.165) is 6.07 Å². The van der Waals surface area contributed by atoms with Crippen LogP contribution in [0.2, 0.25) is 0 Å². The molecule has 2 aromatic carbocycles. The van der Waals surface area contributed by atoms with Crippen molar-refractivity contribution in [3.05, 3.63) is 47.8 Å². The van der Waals surface area contributed by atoms with Crippen molar-refractivity contribution in [2.45, 2.75) is 31.2 Å². The molecule has 33 heavy (non-hydrogen) atoms. The van der Waals surface area contributed by atoms with E-state index < -0.39 is 39.6 Å². The number of hydrogen-bond acceptors (Lipinski definition) is 6. The summed E-state index contributed by atoms with van der Waals surface area (Å²) in [6.07, 6.45) is 0.676. The van der Waals surface area contributed by atoms with E-state index in [-0.39, 0.29) is 16.1 Å². The lowest BCUT2D eigenvalue weighted by atomic mass is 10.0. The number of carbonyl (C=O) groups is 2. The van der Waals surface area contributed by atoms with Gasteiger partial charge < -0.3 is 20.1 Å². The number of hydrogen-bond donors (Lipinski definition) is 3. The largest absolute Gasteiger partial charge is 0.490 e. The molecule has 0 saturated carbocycles. The number of carbonyl (C=O) groups excluding carboxylic acids is 2. The van der Waals surface area contributed by atoms with Gasteiger partial charge in [0.2, 0.25) is 15.9 Å². The van der Waals surface area contributed by atoms with E-state index in [1.54, 1.807) is 13.8 Å². The van der Waals surface area contributed by atoms with Crippen molar-refractivity contribution < 1.29 is 31.9 Å². The third kappa shape index (κ3) is 5.79. The summed E-state index contributed by atoms with van der Waals surface area (Å²) in [4.78, 5) is 24.6. The van der Waals surface area contributed by atoms with E-state index in [2.05, 4.69) is 15.4 Å². The number of anilines is 1. The summed E-state index contributed by atoms with van der Waals surface area (Å²) in [5.74, 6) is -1.71. The Hall–Kier alpha value is -3.18. The summed E-state index contributed by atoms with van der Waals surface area (Å²) in [6.45, 7) is 4.23. The van der Waals surface area contributed by atoms with Crippen LogP contribution >= 0.6 is 0 Å². The van der Waals surface area contributed by atoms with Crippen LogP contribution in [0.4, 0.5) is 10.1 Å². The van der Waals surface area contributed by atoms with Crippen molar-refractivity contribution in [3.63, 3.8) is 0 Å². The fraction of sp³-hybridized carbons (Fsp3) is 0.364. The van der Waals surface area contributed by atoms with Gasteiger partial charge in [-0.2, -0.15) is 4.72 Å². The van der Waals surface area contributed by atoms with E-state index in [1.165, 1.54) is 37.4 Å². The van der Waals surface area contributed by atoms with Crippen molar-refractivity contribution in [2.75, 3.05) is 25.6 Å². The molecule has 9 nitrogen and oxygen atoms in total. The molecule has 1 aliphatic heterocycles. The molecule has 1 atom stereocenters. The van der Waals surface area contributed by atoms with Crippen molar-refractivity contribution >= 4 is 27.5 Å². The van der Waals surface area contributed by atoms with Crippen LogP contribution in [0.3, 0.4) is 0 Å². The predicted molar refractivity (Wildman–Crippen MR) is 119 cm³/mol. The summed E-state index contributed by atoms with van der Waals surface area (Å²) in [6, 6.07) is 6.62. The first-order valence-corrected chi connectivity index (χ1v) is 11.8. The number of halogens is 1. The van der Waals surface area contributed by atoms with Crippen LogP contribution in [0.15, 0.2) is 41.3 Å². The highest BCUT2D eigenvalue weighted by atomic mass is 32.2. The van der Waals surface area contributed by atoms with Gasteiger partial charge in [-0.1, -0.05) is 13.8 Å². The Labute approximate surface area is 191 Å². The molecule has 2 amide bonds. The molecule has 3 N–H and O–H groups in total. The molecule has 178 valence electrons. The molecule has 0 radical (unpaired) electrons. The van der Waals surface area contributed by atoms with Crippen molar-refractivity contribution in [1.29, 1.82) is 0 Å². The van der Waals surface area contributed by atoms with Gasteiger partial charge in [-0.05, 0) is 36.2 Å². The number of fused-ring (bicyclic) bond motifs is 1. The van der Waals surface area contributed by atoms with Crippen molar-refractivity contribution in [2.24, 2.45) is 5.92 Å². The van der Waals surface area contributed by atoms with Gasteiger partial charge in [0.15, 0.2) is 11.5 Å². The maximum Gasteiger partial charge on any atom is 0.254 e. The maximum absolute atomic E-state index is 13.9. The van der Waals surface area contributed by atoms with Crippen molar-refractivity contribution in [3.8, 4) is 11.5 Å². The second-order valence-electron chi connectivity index (χ2n) is 7.76. The van der Waals surface area contributed by atoms with Gasteiger partial charge >= 0.3 is 0 Å². The fourth-order valence-electron chi connectivity index (χ4n) is 3.17. The van der Waals surface area contributed by atoms with Crippen molar-refractivity contribution in [1.82, 2.24) is 10.0 Å². The number of rotatable bonds is 7. The van der Waals surface area contributed by atoms with Crippen LogP contribution in [-0.2, 0) is 14.8 Å². The topological polar surface area (TPSA) is 123 Å². The summed E-state index contributed by atoms with van der Waals surface area (Å²) < 4.78 is 53.4. The fourth-order valence-corrected chi connectivity index (χ4v) is 4.53. The number of amides is 2. The highest BCUT2D eigenvalue weighted by Crippen LogP contribution is 2.32. The number of benzene rings is 2. The Morgan fingerprint density at radius 3 is 2.39 bits per heavy atom. The lowest BCUT2D eigenvalue weighted by Gasteiger charge is -2.22. The van der Waals surface area contributed by atoms with Crippen LogP contribution in [0, 0.1) is 11.7 Å². The summed E-state index contributed by atoms with van der Waals surface area (Å²) >= 11 is 0. The first-order chi connectivity index (χ1) is 15.6. The molecule has 0 aliphatic carbocycles. The molecule has 0 saturated heterocycles. The Morgan fingerprint density at radius 1 is 1.03 bits per heavy atom. The lowest BCUT2D eigenvalue weighted by Crippen LogP contribution is -2.47. The molecule has 1 heterocycles. The smallest absolute Gasteiger partial charge is 0.254 e. The van der Waals surface area contributed by atoms with E-state index in [4.69, 9.17) is 9.47 Å². The molecular weight excluding hydrogens is 453 g/mol. The van der Waals surface area contributed by atoms with Gasteiger partial charge in [-0.25, -0.2) is 12.8 Å². The first-order valence-electron chi connectivity index (χ1n) is 10.4. The highest BCUT2D eigenvalue weighted by Gasteiger charge is 2.29. The molecule has 0 spiro atoms. The Bertz CT molecular complexity index is 1150. The third-order valence-electron chi connectivity index (χ3n) is 4.97. The summed E-state index contributed by atoms with van der Waals surface area (Å²) in [5, 5.41) is 4.86. The Morgan fingerprint density at radius 2 is 1.73 bits per heavy atom. The van der Waals surface area contributed by atoms with Crippen LogP contribution in [0.5, 0.6) is 11.5 Å². The van der Waals surface area contributed by atoms with E-state index in [1.807, 2.05) is 0 Å². The van der Waals surface area contributed by atoms with Crippen LogP contribution in [0.25, 0.3) is 0 Å². The Kier molecular flexibility index (Phi) is 7.54. The van der Waals surface area contributed by atoms with E-state index in [9.17, 15) is 22.4 Å². The minimum absolute atomic E-state index is 0.0751. The number of ether oxygens (including phenoxy) is 2. The standard InChI is InChI=1S/C22H26FN3O6S/c1-13(2)20(22(28)25-14-5-7-17(23)16(11-14)21(27)24-3)26-33(29,30)15-6-8-18-19(12-15)32-10-4-9-31-18/h5-8,11-13,20,26H,4,9-10H2,1-3H3,(H,24,27)(H,25,28). The minimum atomic E-state index is -4.09. The Balaban J connectivity index is 1.81. The summed E-state index contributed by atoms with van der Waals surface area (Å²) in [5.41, 5.74) is -0.0930. The zero-order valence-corrected chi connectivity index (χ0v) is 19.3. The molecule has 0 aromatic heterocycles. The molecule has 3 rings (SSSR count). The molecular formula is C22H26FN3O6S. The molecule has 2 aromatic rings. The van der Waals surface area contributed by atoms with Crippen LogP contribution < -0.4 is 24.8 Å². The molecule has 11 heteroatoms. The van der Waals surface area contributed by atoms with Gasteiger partial charge in [0, 0.05) is 25.2 Å². The second kappa shape index (κ2) is 10.2. The minimum Gasteiger partial charge on any atom is -0.490 e. The third-order valence-corrected chi connectivity index (χ3v) is 6.40. The monoisotopic (exact) mass is 479 g/mol. The zero-order chi connectivity index (χ0) is 24.2. The van der Waals surface area contributed by atoms with Gasteiger partial charge in [-0.15, -0.1) is 0 Å². The number of nitrogens with one attached hydrogen (secondary N) is 3. The molecule has 0 bridgehead atoms. The zero-order valence-electron chi connectivity index (χ0n) is 18.5. The quantitative estimate of drug-likeness (QED) is 0.560.